The normalized spacial score (nSPS) is 16.1. The monoisotopic (exact) mass is 371 g/mol. The Morgan fingerprint density at radius 2 is 2.04 bits per heavy atom. The van der Waals surface area contributed by atoms with Crippen molar-refractivity contribution in [3.05, 3.63) is 59.3 Å². The van der Waals surface area contributed by atoms with Crippen molar-refractivity contribution in [1.29, 1.82) is 0 Å². The first kappa shape index (κ1) is 17.8. The van der Waals surface area contributed by atoms with E-state index in [1.807, 2.05) is 16.9 Å². The molecule has 27 heavy (non-hydrogen) atoms. The second kappa shape index (κ2) is 7.59. The molecule has 0 fully saturated rings. The zero-order valence-electron chi connectivity index (χ0n) is 14.8. The summed E-state index contributed by atoms with van der Waals surface area (Å²) in [5, 5.41) is 30.6. The van der Waals surface area contributed by atoms with E-state index in [0.717, 1.165) is 42.0 Å². The van der Waals surface area contributed by atoms with Gasteiger partial charge >= 0.3 is 0 Å². The summed E-state index contributed by atoms with van der Waals surface area (Å²) in [7, 11) is 0. The first-order valence-electron chi connectivity index (χ1n) is 9.00. The van der Waals surface area contributed by atoms with Crippen LogP contribution in [0.1, 0.15) is 29.5 Å². The lowest BCUT2D eigenvalue weighted by Crippen LogP contribution is -2.22. The molecule has 2 aromatic heterocycles. The lowest BCUT2D eigenvalue weighted by Gasteiger charge is -2.19. The van der Waals surface area contributed by atoms with Crippen LogP contribution in [0.15, 0.2) is 36.5 Å². The van der Waals surface area contributed by atoms with Gasteiger partial charge in [-0.2, -0.15) is 10.2 Å². The molecule has 3 N–H and O–H groups in total. The second-order valence-corrected chi connectivity index (χ2v) is 6.82. The molecule has 3 heterocycles. The van der Waals surface area contributed by atoms with Gasteiger partial charge < -0.3 is 10.2 Å². The van der Waals surface area contributed by atoms with Crippen LogP contribution in [-0.2, 0) is 19.6 Å². The largest absolute Gasteiger partial charge is 0.393 e. The Bertz CT molecular complexity index is 905. The van der Waals surface area contributed by atoms with Crippen LogP contribution in [0.25, 0.3) is 11.3 Å². The number of aromatic nitrogens is 4. The smallest absolute Gasteiger partial charge is 0.123 e. The molecule has 7 nitrogen and oxygen atoms in total. The van der Waals surface area contributed by atoms with Gasteiger partial charge in [-0.05, 0) is 36.8 Å². The average molecular weight is 371 g/mol. The predicted octanol–water partition coefficient (Wildman–Crippen LogP) is 1.84. The van der Waals surface area contributed by atoms with Crippen molar-refractivity contribution in [3.63, 3.8) is 0 Å². The van der Waals surface area contributed by atoms with Crippen LogP contribution in [0.5, 0.6) is 0 Å². The van der Waals surface area contributed by atoms with E-state index < -0.39 is 6.10 Å². The highest BCUT2D eigenvalue weighted by Gasteiger charge is 2.21. The van der Waals surface area contributed by atoms with E-state index in [9.17, 15) is 9.50 Å². The molecule has 8 heteroatoms. The number of halogens is 1. The highest BCUT2D eigenvalue weighted by Crippen LogP contribution is 2.25. The third-order valence-electron chi connectivity index (χ3n) is 4.87. The van der Waals surface area contributed by atoms with Gasteiger partial charge in [-0.3, -0.25) is 14.7 Å². The average Bonchev–Trinajstić information content (AvgIpc) is 3.25. The fourth-order valence-corrected chi connectivity index (χ4v) is 3.48. The molecule has 1 aromatic carbocycles. The van der Waals surface area contributed by atoms with Crippen LogP contribution in [0, 0.1) is 5.82 Å². The molecule has 0 spiro atoms. The third kappa shape index (κ3) is 3.78. The van der Waals surface area contributed by atoms with Crippen molar-refractivity contribution >= 4 is 0 Å². The summed E-state index contributed by atoms with van der Waals surface area (Å²) in [4.78, 5) is 2.30. The van der Waals surface area contributed by atoms with Gasteiger partial charge in [-0.25, -0.2) is 4.39 Å². The first-order chi connectivity index (χ1) is 13.1. The third-order valence-corrected chi connectivity index (χ3v) is 4.87. The molecule has 0 radical (unpaired) electrons. The molecule has 0 saturated heterocycles. The van der Waals surface area contributed by atoms with E-state index in [0.29, 0.717) is 18.8 Å². The van der Waals surface area contributed by atoms with Gasteiger partial charge in [0.1, 0.15) is 11.9 Å². The van der Waals surface area contributed by atoms with Crippen molar-refractivity contribution in [2.75, 3.05) is 13.2 Å². The molecule has 1 unspecified atom stereocenters. The number of benzene rings is 1. The summed E-state index contributed by atoms with van der Waals surface area (Å²) in [5.41, 5.74) is 4.36. The molecular formula is C19H22FN5O2. The number of hydrogen-bond acceptors (Lipinski definition) is 5. The van der Waals surface area contributed by atoms with Crippen LogP contribution in [0.2, 0.25) is 0 Å². The van der Waals surface area contributed by atoms with Crippen molar-refractivity contribution < 1.29 is 14.6 Å². The highest BCUT2D eigenvalue weighted by atomic mass is 19.1. The quantitative estimate of drug-likeness (QED) is 0.637. The topological polar surface area (TPSA) is 90.2 Å². The molecule has 1 aliphatic rings. The number of H-pyrrole nitrogens is 1. The lowest BCUT2D eigenvalue weighted by atomic mass is 10.1. The molecule has 0 bridgehead atoms. The Balaban J connectivity index is 1.53. The van der Waals surface area contributed by atoms with Gasteiger partial charge in [0.2, 0.25) is 0 Å². The van der Waals surface area contributed by atoms with Gasteiger partial charge in [0, 0.05) is 37.3 Å². The van der Waals surface area contributed by atoms with Gasteiger partial charge in [-0.15, -0.1) is 0 Å². The van der Waals surface area contributed by atoms with Crippen LogP contribution in [0.4, 0.5) is 4.39 Å². The van der Waals surface area contributed by atoms with E-state index >= 15 is 0 Å². The zero-order valence-corrected chi connectivity index (χ0v) is 14.8. The molecular weight excluding hydrogens is 349 g/mol. The van der Waals surface area contributed by atoms with E-state index in [-0.39, 0.29) is 12.4 Å². The zero-order chi connectivity index (χ0) is 18.8. The molecule has 0 aliphatic carbocycles. The molecule has 142 valence electrons. The summed E-state index contributed by atoms with van der Waals surface area (Å²) in [6.07, 6.45) is 1.80. The van der Waals surface area contributed by atoms with E-state index in [2.05, 4.69) is 20.2 Å². The maximum absolute atomic E-state index is 13.2. The fraction of sp³-hybridized carbons (Fsp3) is 0.368. The number of aliphatic hydroxyl groups excluding tert-OH is 2. The Morgan fingerprint density at radius 3 is 2.81 bits per heavy atom. The maximum Gasteiger partial charge on any atom is 0.123 e. The number of aliphatic hydroxyl groups is 2. The minimum Gasteiger partial charge on any atom is -0.393 e. The van der Waals surface area contributed by atoms with Crippen LogP contribution < -0.4 is 0 Å². The minimum atomic E-state index is -0.947. The van der Waals surface area contributed by atoms with E-state index in [1.165, 1.54) is 12.1 Å². The Labute approximate surface area is 156 Å². The molecule has 1 aliphatic heterocycles. The van der Waals surface area contributed by atoms with Crippen LogP contribution in [0.3, 0.4) is 0 Å². The number of aryl methyl sites for hydroxylation is 1. The van der Waals surface area contributed by atoms with E-state index in [1.54, 1.807) is 12.1 Å². The van der Waals surface area contributed by atoms with Crippen molar-refractivity contribution in [3.8, 4) is 11.3 Å². The van der Waals surface area contributed by atoms with Gasteiger partial charge in [-0.1, -0.05) is 0 Å². The van der Waals surface area contributed by atoms with Gasteiger partial charge in [0.15, 0.2) is 0 Å². The number of nitrogens with zero attached hydrogens (tertiary/aromatic N) is 4. The SMILES string of the molecule is OCC(O)c1cc2n(n1)CCCN(Cc1cn[nH]c1-c1ccc(F)cc1)C2. The predicted molar refractivity (Wildman–Crippen MR) is 97.0 cm³/mol. The standard InChI is InChI=1S/C19H22FN5O2/c20-15-4-2-13(3-5-15)19-14(9-21-22-19)10-24-6-1-7-25-16(11-24)8-17(23-25)18(27)12-26/h2-5,8-9,18,26-27H,1,6-7,10-12H2,(H,21,22). The van der Waals surface area contributed by atoms with Gasteiger partial charge in [0.25, 0.3) is 0 Å². The molecule has 0 amide bonds. The summed E-state index contributed by atoms with van der Waals surface area (Å²) in [6, 6.07) is 8.23. The number of rotatable bonds is 5. The Morgan fingerprint density at radius 1 is 1.22 bits per heavy atom. The fourth-order valence-electron chi connectivity index (χ4n) is 3.48. The number of fused-ring (bicyclic) bond motifs is 1. The maximum atomic E-state index is 13.2. The number of nitrogens with one attached hydrogen (secondary N) is 1. The van der Waals surface area contributed by atoms with Gasteiger partial charge in [0.05, 0.1) is 29.9 Å². The molecule has 0 saturated carbocycles. The molecule has 4 rings (SSSR count). The van der Waals surface area contributed by atoms with Crippen molar-refractivity contribution in [2.24, 2.45) is 0 Å². The summed E-state index contributed by atoms with van der Waals surface area (Å²) >= 11 is 0. The van der Waals surface area contributed by atoms with Crippen molar-refractivity contribution in [1.82, 2.24) is 24.9 Å². The number of hydrogen-bond donors (Lipinski definition) is 3. The summed E-state index contributed by atoms with van der Waals surface area (Å²) < 4.78 is 15.1. The van der Waals surface area contributed by atoms with Crippen LogP contribution >= 0.6 is 0 Å². The van der Waals surface area contributed by atoms with Crippen LogP contribution in [-0.4, -0.2) is 48.2 Å². The second-order valence-electron chi connectivity index (χ2n) is 6.82. The van der Waals surface area contributed by atoms with Crippen molar-refractivity contribution in [2.45, 2.75) is 32.2 Å². The summed E-state index contributed by atoms with van der Waals surface area (Å²) in [5.74, 6) is -0.263. The Kier molecular flexibility index (Phi) is 5.02. The van der Waals surface area contributed by atoms with E-state index in [4.69, 9.17) is 5.11 Å². The minimum absolute atomic E-state index is 0.263. The first-order valence-corrected chi connectivity index (χ1v) is 9.00. The molecule has 3 aromatic rings. The highest BCUT2D eigenvalue weighted by molar-refractivity contribution is 5.62. The number of aromatic amines is 1. The summed E-state index contributed by atoms with van der Waals surface area (Å²) in [6.45, 7) is 2.75. The Hall–Kier alpha value is -2.55. The molecule has 1 atom stereocenters. The lowest BCUT2D eigenvalue weighted by molar-refractivity contribution is 0.0916.